The number of aliphatic hydroxyl groups excluding tert-OH is 1. The average Bonchev–Trinajstić information content (AvgIpc) is 2.29. The lowest BCUT2D eigenvalue weighted by Gasteiger charge is -2.09. The van der Waals surface area contributed by atoms with Crippen molar-refractivity contribution in [2.45, 2.75) is 6.92 Å². The zero-order valence-electron chi connectivity index (χ0n) is 9.44. The summed E-state index contributed by atoms with van der Waals surface area (Å²) in [5, 5.41) is 18.2. The molecule has 1 aromatic rings. The van der Waals surface area contributed by atoms with Gasteiger partial charge in [0.25, 0.3) is 0 Å². The number of benzene rings is 1. The second-order valence-corrected chi connectivity index (χ2v) is 3.14. The lowest BCUT2D eigenvalue weighted by molar-refractivity contribution is 0.355. The average molecular weight is 219 g/mol. The number of methoxy groups -OCH3 is 2. The number of nitriles is 1. The van der Waals surface area contributed by atoms with E-state index in [1.54, 1.807) is 18.2 Å². The molecular formula is C12H13NO3. The smallest absolute Gasteiger partial charge is 0.161 e. The van der Waals surface area contributed by atoms with Crippen molar-refractivity contribution in [2.75, 3.05) is 14.2 Å². The van der Waals surface area contributed by atoms with Gasteiger partial charge < -0.3 is 14.6 Å². The van der Waals surface area contributed by atoms with E-state index < -0.39 is 0 Å². The van der Waals surface area contributed by atoms with Gasteiger partial charge in [-0.1, -0.05) is 0 Å². The Bertz CT molecular complexity index is 454. The van der Waals surface area contributed by atoms with Gasteiger partial charge in [0, 0.05) is 0 Å². The van der Waals surface area contributed by atoms with Crippen LogP contribution in [0.25, 0.3) is 5.57 Å². The summed E-state index contributed by atoms with van der Waals surface area (Å²) in [6.45, 7) is 1.47. The van der Waals surface area contributed by atoms with Gasteiger partial charge in [-0.15, -0.1) is 0 Å². The van der Waals surface area contributed by atoms with Crippen LogP contribution in [0.5, 0.6) is 11.5 Å². The highest BCUT2D eigenvalue weighted by Gasteiger charge is 2.09. The first-order valence-corrected chi connectivity index (χ1v) is 4.66. The SMILES string of the molecule is COc1ccc(/C(C#N)=C(/C)O)cc1OC. The van der Waals surface area contributed by atoms with Gasteiger partial charge in [-0.05, 0) is 30.7 Å². The third kappa shape index (κ3) is 2.26. The second kappa shape index (κ2) is 5.08. The Labute approximate surface area is 94.3 Å². The minimum atomic E-state index is -0.0188. The first-order chi connectivity index (χ1) is 7.63. The molecule has 0 saturated carbocycles. The third-order valence-corrected chi connectivity index (χ3v) is 2.15. The maximum Gasteiger partial charge on any atom is 0.161 e. The summed E-state index contributed by atoms with van der Waals surface area (Å²) in [6.07, 6.45) is 0. The van der Waals surface area contributed by atoms with Crippen LogP contribution in [-0.2, 0) is 0 Å². The summed E-state index contributed by atoms with van der Waals surface area (Å²) in [5.41, 5.74) is 0.820. The van der Waals surface area contributed by atoms with Crippen LogP contribution in [0.4, 0.5) is 0 Å². The molecular weight excluding hydrogens is 206 g/mol. The molecule has 1 N–H and O–H groups in total. The Morgan fingerprint density at radius 2 is 1.88 bits per heavy atom. The summed E-state index contributed by atoms with van der Waals surface area (Å²) in [5.74, 6) is 1.09. The fraction of sp³-hybridized carbons (Fsp3) is 0.250. The molecule has 84 valence electrons. The molecule has 16 heavy (non-hydrogen) atoms. The largest absolute Gasteiger partial charge is 0.511 e. The number of nitrogens with zero attached hydrogens (tertiary/aromatic N) is 1. The van der Waals surface area contributed by atoms with Crippen molar-refractivity contribution < 1.29 is 14.6 Å². The number of ether oxygens (including phenoxy) is 2. The van der Waals surface area contributed by atoms with E-state index in [9.17, 15) is 5.11 Å². The maximum atomic E-state index is 9.34. The van der Waals surface area contributed by atoms with Crippen LogP contribution < -0.4 is 9.47 Å². The molecule has 0 bridgehead atoms. The van der Waals surface area contributed by atoms with E-state index in [1.165, 1.54) is 21.1 Å². The van der Waals surface area contributed by atoms with Crippen LogP contribution in [0.15, 0.2) is 24.0 Å². The van der Waals surface area contributed by atoms with Crippen LogP contribution in [0.3, 0.4) is 0 Å². The van der Waals surface area contributed by atoms with Crippen LogP contribution >= 0.6 is 0 Å². The molecule has 0 atom stereocenters. The topological polar surface area (TPSA) is 62.5 Å². The lowest BCUT2D eigenvalue weighted by Crippen LogP contribution is -1.93. The Kier molecular flexibility index (Phi) is 3.78. The van der Waals surface area contributed by atoms with Crippen LogP contribution in [0.1, 0.15) is 12.5 Å². The predicted octanol–water partition coefficient (Wildman–Crippen LogP) is 2.52. The van der Waals surface area contributed by atoms with E-state index in [0.29, 0.717) is 17.1 Å². The second-order valence-electron chi connectivity index (χ2n) is 3.14. The molecule has 1 aromatic carbocycles. The molecule has 4 nitrogen and oxygen atoms in total. The number of hydrogen-bond acceptors (Lipinski definition) is 4. The monoisotopic (exact) mass is 219 g/mol. The zero-order valence-corrected chi connectivity index (χ0v) is 9.44. The first kappa shape index (κ1) is 11.9. The van der Waals surface area contributed by atoms with E-state index in [4.69, 9.17) is 14.7 Å². The molecule has 0 aliphatic carbocycles. The minimum absolute atomic E-state index is 0.0188. The highest BCUT2D eigenvalue weighted by molar-refractivity contribution is 5.79. The quantitative estimate of drug-likeness (QED) is 0.626. The summed E-state index contributed by atoms with van der Waals surface area (Å²) in [4.78, 5) is 0. The molecule has 4 heteroatoms. The van der Waals surface area contributed by atoms with E-state index >= 15 is 0 Å². The van der Waals surface area contributed by atoms with Gasteiger partial charge in [0.2, 0.25) is 0 Å². The molecule has 0 unspecified atom stereocenters. The fourth-order valence-electron chi connectivity index (χ4n) is 1.35. The van der Waals surface area contributed by atoms with Crippen molar-refractivity contribution in [3.8, 4) is 17.6 Å². The fourth-order valence-corrected chi connectivity index (χ4v) is 1.35. The lowest BCUT2D eigenvalue weighted by atomic mass is 10.1. The summed E-state index contributed by atoms with van der Waals surface area (Å²) < 4.78 is 10.2. The van der Waals surface area contributed by atoms with Crippen LogP contribution in [0.2, 0.25) is 0 Å². The van der Waals surface area contributed by atoms with Crippen molar-refractivity contribution in [3.05, 3.63) is 29.5 Å². The molecule has 0 heterocycles. The maximum absolute atomic E-state index is 9.34. The van der Waals surface area contributed by atoms with Crippen molar-refractivity contribution in [3.63, 3.8) is 0 Å². The van der Waals surface area contributed by atoms with Crippen molar-refractivity contribution in [1.82, 2.24) is 0 Å². The summed E-state index contributed by atoms with van der Waals surface area (Å²) in [6, 6.07) is 6.97. The Balaban J connectivity index is 3.29. The molecule has 0 fully saturated rings. The third-order valence-electron chi connectivity index (χ3n) is 2.15. The van der Waals surface area contributed by atoms with E-state index in [2.05, 4.69) is 0 Å². The molecule has 0 aromatic heterocycles. The molecule has 0 saturated heterocycles. The number of hydrogen-bond donors (Lipinski definition) is 1. The van der Waals surface area contributed by atoms with Gasteiger partial charge >= 0.3 is 0 Å². The molecule has 0 aliphatic rings. The van der Waals surface area contributed by atoms with Crippen molar-refractivity contribution in [2.24, 2.45) is 0 Å². The van der Waals surface area contributed by atoms with Crippen molar-refractivity contribution >= 4 is 5.57 Å². The van der Waals surface area contributed by atoms with Gasteiger partial charge in [0.05, 0.1) is 19.8 Å². The van der Waals surface area contributed by atoms with Crippen molar-refractivity contribution in [1.29, 1.82) is 5.26 Å². The van der Waals surface area contributed by atoms with Gasteiger partial charge in [-0.25, -0.2) is 0 Å². The molecule has 0 aliphatic heterocycles. The van der Waals surface area contributed by atoms with E-state index in [1.807, 2.05) is 6.07 Å². The summed E-state index contributed by atoms with van der Waals surface area (Å²) in [7, 11) is 3.05. The zero-order chi connectivity index (χ0) is 12.1. The first-order valence-electron chi connectivity index (χ1n) is 4.66. The molecule has 0 radical (unpaired) electrons. The van der Waals surface area contributed by atoms with Crippen LogP contribution in [0, 0.1) is 11.3 Å². The van der Waals surface area contributed by atoms with E-state index in [-0.39, 0.29) is 11.3 Å². The predicted molar refractivity (Wildman–Crippen MR) is 60.4 cm³/mol. The standard InChI is InChI=1S/C12H13NO3/c1-8(14)10(7-13)9-4-5-11(15-2)12(6-9)16-3/h4-6,14H,1-3H3/b10-8-. The Hall–Kier alpha value is -2.15. The molecule has 0 spiro atoms. The molecule has 0 amide bonds. The van der Waals surface area contributed by atoms with E-state index in [0.717, 1.165) is 0 Å². The normalized spacial score (nSPS) is 11.4. The van der Waals surface area contributed by atoms with Gasteiger partial charge in [0.1, 0.15) is 11.8 Å². The highest BCUT2D eigenvalue weighted by atomic mass is 16.5. The Morgan fingerprint density at radius 3 is 2.31 bits per heavy atom. The number of allylic oxidation sites excluding steroid dienone is 2. The van der Waals surface area contributed by atoms with Gasteiger partial charge in [0.15, 0.2) is 11.5 Å². The number of rotatable bonds is 3. The van der Waals surface area contributed by atoms with Gasteiger partial charge in [-0.2, -0.15) is 5.26 Å². The highest BCUT2D eigenvalue weighted by Crippen LogP contribution is 2.30. The van der Waals surface area contributed by atoms with Crippen LogP contribution in [-0.4, -0.2) is 19.3 Å². The summed E-state index contributed by atoms with van der Waals surface area (Å²) >= 11 is 0. The molecule has 1 rings (SSSR count). The number of aliphatic hydroxyl groups is 1. The minimum Gasteiger partial charge on any atom is -0.511 e. The Morgan fingerprint density at radius 1 is 1.25 bits per heavy atom. The van der Waals surface area contributed by atoms with Gasteiger partial charge in [-0.3, -0.25) is 0 Å².